The van der Waals surface area contributed by atoms with Crippen molar-refractivity contribution in [1.29, 1.82) is 0 Å². The third-order valence-corrected chi connectivity index (χ3v) is 9.35. The Labute approximate surface area is 222 Å². The average Bonchev–Trinajstić information content (AvgIpc) is 3.19. The fourth-order valence-electron chi connectivity index (χ4n) is 7.19. The molecule has 9 nitrogen and oxygen atoms in total. The quantitative estimate of drug-likeness (QED) is 0.474. The third kappa shape index (κ3) is 3.91. The highest BCUT2D eigenvalue weighted by atomic mass is 16.2. The average molecular weight is 515 g/mol. The van der Waals surface area contributed by atoms with E-state index in [1.165, 1.54) is 18.5 Å². The Balaban J connectivity index is 0.919. The van der Waals surface area contributed by atoms with Gasteiger partial charge < -0.3 is 20.4 Å². The minimum atomic E-state index is -0.566. The number of nitrogens with zero attached hydrogens (tertiary/aromatic N) is 4. The Morgan fingerprint density at radius 2 is 1.58 bits per heavy atom. The smallest absolute Gasteiger partial charge is 0.255 e. The zero-order chi connectivity index (χ0) is 26.0. The predicted molar refractivity (Wildman–Crippen MR) is 145 cm³/mol. The number of anilines is 3. The van der Waals surface area contributed by atoms with E-state index in [-0.39, 0.29) is 24.1 Å². The van der Waals surface area contributed by atoms with E-state index in [2.05, 4.69) is 38.2 Å². The maximum absolute atomic E-state index is 13.0. The van der Waals surface area contributed by atoms with Gasteiger partial charge in [0.05, 0.1) is 0 Å². The number of rotatable bonds is 4. The molecule has 3 N–H and O–H groups in total. The molecule has 1 atom stereocenters. The van der Waals surface area contributed by atoms with Crippen LogP contribution < -0.4 is 20.9 Å². The van der Waals surface area contributed by atoms with Crippen molar-refractivity contribution in [1.82, 2.24) is 15.1 Å². The van der Waals surface area contributed by atoms with Crippen LogP contribution in [0.15, 0.2) is 42.5 Å². The summed E-state index contributed by atoms with van der Waals surface area (Å²) in [6.45, 7) is 6.90. The van der Waals surface area contributed by atoms with Crippen LogP contribution >= 0.6 is 0 Å². The molecule has 1 unspecified atom stereocenters. The summed E-state index contributed by atoms with van der Waals surface area (Å²) in [5, 5.41) is 2.37. The van der Waals surface area contributed by atoms with Crippen molar-refractivity contribution >= 4 is 34.8 Å². The fourth-order valence-corrected chi connectivity index (χ4v) is 7.19. The maximum Gasteiger partial charge on any atom is 0.255 e. The lowest BCUT2D eigenvalue weighted by atomic mass is 9.60. The topological polar surface area (TPSA) is 102 Å². The molecule has 4 fully saturated rings. The van der Waals surface area contributed by atoms with Gasteiger partial charge in [-0.2, -0.15) is 0 Å². The summed E-state index contributed by atoms with van der Waals surface area (Å²) in [5.41, 5.74) is 11.1. The molecule has 2 aromatic carbocycles. The highest BCUT2D eigenvalue weighted by molar-refractivity contribution is 6.05. The van der Waals surface area contributed by atoms with Crippen molar-refractivity contribution in [2.45, 2.75) is 44.3 Å². The van der Waals surface area contributed by atoms with E-state index in [4.69, 9.17) is 5.73 Å². The molecule has 1 saturated carbocycles. The second-order valence-electron chi connectivity index (χ2n) is 11.8. The molecular weight excluding hydrogens is 480 g/mol. The first-order chi connectivity index (χ1) is 18.4. The number of piperazine rings is 1. The Kier molecular flexibility index (Phi) is 5.40. The zero-order valence-electron chi connectivity index (χ0n) is 21.6. The summed E-state index contributed by atoms with van der Waals surface area (Å²) in [4.78, 5) is 46.0. The Morgan fingerprint density at radius 3 is 2.29 bits per heavy atom. The fraction of sp³-hybridized carbons (Fsp3) is 0.483. The second-order valence-corrected chi connectivity index (χ2v) is 11.8. The van der Waals surface area contributed by atoms with Crippen molar-refractivity contribution in [3.63, 3.8) is 0 Å². The van der Waals surface area contributed by atoms with E-state index in [0.717, 1.165) is 56.2 Å². The van der Waals surface area contributed by atoms with Crippen LogP contribution in [0.1, 0.15) is 41.6 Å². The van der Waals surface area contributed by atoms with Gasteiger partial charge in [-0.3, -0.25) is 24.6 Å². The van der Waals surface area contributed by atoms with Gasteiger partial charge in [0.15, 0.2) is 0 Å². The molecule has 38 heavy (non-hydrogen) atoms. The van der Waals surface area contributed by atoms with Gasteiger partial charge in [0.25, 0.3) is 5.91 Å². The lowest BCUT2D eigenvalue weighted by Gasteiger charge is -2.62. The van der Waals surface area contributed by atoms with Crippen LogP contribution in [0.2, 0.25) is 0 Å². The Bertz CT molecular complexity index is 1290. The van der Waals surface area contributed by atoms with Crippen LogP contribution in [0, 0.1) is 5.41 Å². The highest BCUT2D eigenvalue weighted by Crippen LogP contribution is 2.51. The number of nitrogen functional groups attached to an aromatic ring is 1. The number of hydrogen-bond donors (Lipinski definition) is 2. The van der Waals surface area contributed by atoms with Crippen LogP contribution in [-0.4, -0.2) is 78.9 Å². The molecule has 9 heteroatoms. The van der Waals surface area contributed by atoms with Crippen LogP contribution in [0.4, 0.5) is 17.1 Å². The normalized spacial score (nSPS) is 25.3. The molecule has 3 amide bonds. The van der Waals surface area contributed by atoms with Gasteiger partial charge in [0.2, 0.25) is 11.8 Å². The number of imide groups is 1. The SMILES string of the molecule is Nc1ccc(N2CCN(C3CC4(C3)CN(c3ccc5c(c3)CN(C3CCC(=O)NC3=O)C5=O)C4)CC2)cc1. The number of benzene rings is 2. The third-order valence-electron chi connectivity index (χ3n) is 9.35. The summed E-state index contributed by atoms with van der Waals surface area (Å²) in [5.74, 6) is -0.735. The largest absolute Gasteiger partial charge is 0.399 e. The molecule has 5 aliphatic rings. The van der Waals surface area contributed by atoms with Gasteiger partial charge in [-0.15, -0.1) is 0 Å². The number of carbonyl (C=O) groups excluding carboxylic acids is 3. The summed E-state index contributed by atoms with van der Waals surface area (Å²) in [7, 11) is 0. The first kappa shape index (κ1) is 23.5. The monoisotopic (exact) mass is 514 g/mol. The summed E-state index contributed by atoms with van der Waals surface area (Å²) >= 11 is 0. The Morgan fingerprint density at radius 1 is 0.868 bits per heavy atom. The molecular formula is C29H34N6O3. The van der Waals surface area contributed by atoms with Crippen molar-refractivity contribution in [2.75, 3.05) is 54.8 Å². The van der Waals surface area contributed by atoms with E-state index < -0.39 is 6.04 Å². The molecule has 1 spiro atoms. The first-order valence-corrected chi connectivity index (χ1v) is 13.7. The number of hydrogen-bond acceptors (Lipinski definition) is 7. The number of fused-ring (bicyclic) bond motifs is 1. The molecule has 0 bridgehead atoms. The van der Waals surface area contributed by atoms with Crippen molar-refractivity contribution in [2.24, 2.45) is 5.41 Å². The lowest BCUT2D eigenvalue weighted by molar-refractivity contribution is -0.136. The first-order valence-electron chi connectivity index (χ1n) is 13.7. The summed E-state index contributed by atoms with van der Waals surface area (Å²) in [6.07, 6.45) is 3.19. The minimum Gasteiger partial charge on any atom is -0.399 e. The number of piperidine rings is 1. The van der Waals surface area contributed by atoms with Crippen LogP contribution in [0.3, 0.4) is 0 Å². The predicted octanol–water partition coefficient (Wildman–Crippen LogP) is 1.82. The lowest BCUT2D eigenvalue weighted by Crippen LogP contribution is -2.68. The van der Waals surface area contributed by atoms with Crippen molar-refractivity contribution in [3.8, 4) is 0 Å². The summed E-state index contributed by atoms with van der Waals surface area (Å²) in [6, 6.07) is 14.4. The number of amides is 3. The summed E-state index contributed by atoms with van der Waals surface area (Å²) < 4.78 is 0. The maximum atomic E-state index is 13.0. The van der Waals surface area contributed by atoms with Gasteiger partial charge >= 0.3 is 0 Å². The second kappa shape index (κ2) is 8.73. The molecule has 1 aliphatic carbocycles. The standard InChI is InChI=1S/C29H34N6O3/c30-20-1-3-21(4-2-20)32-9-11-33(12-10-32)23-14-29(15-23)17-34(18-29)22-5-6-24-19(13-22)16-35(28(24)38)25-7-8-26(36)31-27(25)37/h1-6,13,23,25H,7-12,14-18,30H2,(H,31,36,37). The van der Waals surface area contributed by atoms with Crippen LogP contribution in [-0.2, 0) is 16.1 Å². The van der Waals surface area contributed by atoms with Crippen molar-refractivity contribution in [3.05, 3.63) is 53.6 Å². The molecule has 3 saturated heterocycles. The molecule has 198 valence electrons. The molecule has 7 rings (SSSR count). The van der Waals surface area contributed by atoms with Crippen molar-refractivity contribution < 1.29 is 14.4 Å². The van der Waals surface area contributed by atoms with Gasteiger partial charge in [-0.25, -0.2) is 0 Å². The molecule has 4 aliphatic heterocycles. The minimum absolute atomic E-state index is 0.112. The van der Waals surface area contributed by atoms with Crippen LogP contribution in [0.25, 0.3) is 0 Å². The molecule has 0 aromatic heterocycles. The highest BCUT2D eigenvalue weighted by Gasteiger charge is 2.54. The zero-order valence-corrected chi connectivity index (χ0v) is 21.6. The number of carbonyl (C=O) groups is 3. The van der Waals surface area contributed by atoms with Crippen LogP contribution in [0.5, 0.6) is 0 Å². The van der Waals surface area contributed by atoms with Gasteiger partial charge in [-0.05, 0) is 67.3 Å². The Hall–Kier alpha value is -3.59. The van der Waals surface area contributed by atoms with Gasteiger partial charge in [0.1, 0.15) is 6.04 Å². The van der Waals surface area contributed by atoms with E-state index in [1.54, 1.807) is 4.90 Å². The van der Waals surface area contributed by atoms with E-state index in [0.29, 0.717) is 30.0 Å². The number of nitrogens with two attached hydrogens (primary N) is 1. The molecule has 4 heterocycles. The molecule has 0 radical (unpaired) electrons. The van der Waals surface area contributed by atoms with E-state index >= 15 is 0 Å². The van der Waals surface area contributed by atoms with Gasteiger partial charge in [-0.1, -0.05) is 0 Å². The van der Waals surface area contributed by atoms with E-state index in [9.17, 15) is 14.4 Å². The van der Waals surface area contributed by atoms with Gasteiger partial charge in [0, 0.05) is 86.3 Å². The molecule has 2 aromatic rings. The van der Waals surface area contributed by atoms with E-state index in [1.807, 2.05) is 24.3 Å². The number of nitrogens with one attached hydrogen (secondary N) is 1.